The molecule has 1 unspecified atom stereocenters. The molecule has 3 heterocycles. The van der Waals surface area contributed by atoms with Crippen molar-refractivity contribution in [2.75, 3.05) is 39.5 Å². The highest BCUT2D eigenvalue weighted by atomic mass is 19.4. The van der Waals surface area contributed by atoms with E-state index in [0.29, 0.717) is 12.5 Å². The van der Waals surface area contributed by atoms with E-state index in [-0.39, 0.29) is 0 Å². The van der Waals surface area contributed by atoms with Gasteiger partial charge in [-0.3, -0.25) is 0 Å². The molecule has 1 aromatic rings. The number of alkyl halides is 3. The maximum atomic E-state index is 10.6. The van der Waals surface area contributed by atoms with Crippen LogP contribution in [0.1, 0.15) is 24.6 Å². The molecule has 0 saturated carbocycles. The first-order valence-corrected chi connectivity index (χ1v) is 8.87. The van der Waals surface area contributed by atoms with E-state index in [1.165, 1.54) is 12.0 Å². The van der Waals surface area contributed by atoms with Gasteiger partial charge >= 0.3 is 12.1 Å². The van der Waals surface area contributed by atoms with Crippen LogP contribution in [0.2, 0.25) is 0 Å². The van der Waals surface area contributed by atoms with Crippen LogP contribution in [-0.4, -0.2) is 71.6 Å². The zero-order valence-corrected chi connectivity index (χ0v) is 15.2. The summed E-state index contributed by atoms with van der Waals surface area (Å²) in [6.45, 7) is 7.80. The van der Waals surface area contributed by atoms with Crippen molar-refractivity contribution in [2.45, 2.75) is 32.4 Å². The van der Waals surface area contributed by atoms with E-state index in [0.717, 1.165) is 57.3 Å². The topological polar surface area (TPSA) is 84.8 Å². The second-order valence-electron chi connectivity index (χ2n) is 6.37. The van der Waals surface area contributed by atoms with Gasteiger partial charge in [0.05, 0.1) is 18.9 Å². The summed E-state index contributed by atoms with van der Waals surface area (Å²) in [5, 5.41) is 7.12. The van der Waals surface area contributed by atoms with Crippen LogP contribution < -0.4 is 4.74 Å². The maximum absolute atomic E-state index is 10.6. The Kier molecular flexibility index (Phi) is 7.78. The molecule has 27 heavy (non-hydrogen) atoms. The van der Waals surface area contributed by atoms with Crippen molar-refractivity contribution < 1.29 is 32.5 Å². The van der Waals surface area contributed by atoms with Gasteiger partial charge in [-0.05, 0) is 25.7 Å². The molecule has 2 aliphatic rings. The normalized spacial score (nSPS) is 20.2. The monoisotopic (exact) mass is 391 g/mol. The van der Waals surface area contributed by atoms with Crippen LogP contribution in [0.15, 0.2) is 6.33 Å². The Hall–Kier alpha value is -1.94. The molecule has 10 heteroatoms. The zero-order chi connectivity index (χ0) is 19.9. The lowest BCUT2D eigenvalue weighted by Crippen LogP contribution is -2.32. The molecule has 1 aromatic heterocycles. The number of fused-ring (bicyclic) bond motifs is 1. The molecule has 1 saturated heterocycles. The van der Waals surface area contributed by atoms with Gasteiger partial charge in [0.15, 0.2) is 0 Å². The van der Waals surface area contributed by atoms with Crippen LogP contribution in [0, 0.1) is 5.92 Å². The molecular formula is C17H24F3N3O4. The minimum atomic E-state index is -5.08. The second-order valence-corrected chi connectivity index (χ2v) is 6.37. The van der Waals surface area contributed by atoms with Gasteiger partial charge in [-0.25, -0.2) is 14.8 Å². The highest BCUT2D eigenvalue weighted by molar-refractivity contribution is 5.73. The lowest BCUT2D eigenvalue weighted by atomic mass is 10.1. The highest BCUT2D eigenvalue weighted by Gasteiger charge is 2.38. The van der Waals surface area contributed by atoms with Gasteiger partial charge < -0.3 is 19.5 Å². The van der Waals surface area contributed by atoms with E-state index in [1.807, 2.05) is 6.92 Å². The van der Waals surface area contributed by atoms with Crippen LogP contribution in [0.25, 0.3) is 0 Å². The van der Waals surface area contributed by atoms with Crippen molar-refractivity contribution in [3.63, 3.8) is 0 Å². The first kappa shape index (κ1) is 21.4. The molecule has 152 valence electrons. The highest BCUT2D eigenvalue weighted by Crippen LogP contribution is 2.23. The summed E-state index contributed by atoms with van der Waals surface area (Å²) in [6.07, 6.45) is -0.275. The van der Waals surface area contributed by atoms with E-state index in [4.69, 9.17) is 19.4 Å². The van der Waals surface area contributed by atoms with Gasteiger partial charge in [0.25, 0.3) is 0 Å². The molecule has 1 N–H and O–H groups in total. The lowest BCUT2D eigenvalue weighted by Gasteiger charge is -2.22. The van der Waals surface area contributed by atoms with Crippen molar-refractivity contribution in [2.24, 2.45) is 5.92 Å². The van der Waals surface area contributed by atoms with Crippen molar-refractivity contribution >= 4 is 5.97 Å². The average Bonchev–Trinajstić information content (AvgIpc) is 3.02. The average molecular weight is 391 g/mol. The van der Waals surface area contributed by atoms with Crippen molar-refractivity contribution in [1.29, 1.82) is 0 Å². The van der Waals surface area contributed by atoms with Gasteiger partial charge in [-0.2, -0.15) is 13.2 Å². The van der Waals surface area contributed by atoms with Crippen LogP contribution in [-0.2, 0) is 22.4 Å². The summed E-state index contributed by atoms with van der Waals surface area (Å²) in [6, 6.07) is 0. The number of aliphatic carboxylic acids is 1. The molecule has 0 aromatic carbocycles. The second kappa shape index (κ2) is 9.84. The Morgan fingerprint density at radius 2 is 2.07 bits per heavy atom. The SMILES string of the molecule is CCOc1ncnc2c1CCN(CC1CCOC1)CC2.O=C(O)C(F)(F)F. The Morgan fingerprint density at radius 3 is 2.67 bits per heavy atom. The fourth-order valence-corrected chi connectivity index (χ4v) is 3.08. The number of halogens is 3. The standard InChI is InChI=1S/C15H23N3O2.C2HF3O2/c1-2-20-15-13-3-6-18(9-12-5-8-19-10-12)7-4-14(13)16-11-17-15;3-2(4,5)1(6)7/h11-12H,2-10H2,1H3;(H,6,7). The van der Waals surface area contributed by atoms with E-state index >= 15 is 0 Å². The van der Waals surface area contributed by atoms with Gasteiger partial charge in [-0.1, -0.05) is 0 Å². The van der Waals surface area contributed by atoms with E-state index in [2.05, 4.69) is 14.9 Å². The van der Waals surface area contributed by atoms with E-state index in [9.17, 15) is 13.2 Å². The number of rotatable bonds is 4. The number of nitrogens with zero attached hydrogens (tertiary/aromatic N) is 3. The zero-order valence-electron chi connectivity index (χ0n) is 15.2. The third kappa shape index (κ3) is 6.62. The first-order chi connectivity index (χ1) is 12.8. The van der Waals surface area contributed by atoms with Gasteiger partial charge in [0.2, 0.25) is 5.88 Å². The van der Waals surface area contributed by atoms with Crippen LogP contribution in [0.4, 0.5) is 13.2 Å². The Labute approximate surface area is 155 Å². The summed E-state index contributed by atoms with van der Waals surface area (Å²) >= 11 is 0. The molecule has 7 nitrogen and oxygen atoms in total. The third-order valence-corrected chi connectivity index (χ3v) is 4.40. The third-order valence-electron chi connectivity index (χ3n) is 4.40. The molecule has 0 spiro atoms. The number of hydrogen-bond acceptors (Lipinski definition) is 6. The fourth-order valence-electron chi connectivity index (χ4n) is 3.08. The number of hydrogen-bond donors (Lipinski definition) is 1. The van der Waals surface area contributed by atoms with Crippen molar-refractivity contribution in [1.82, 2.24) is 14.9 Å². The Bertz CT molecular complexity index is 622. The molecule has 1 atom stereocenters. The molecule has 1 fully saturated rings. The quantitative estimate of drug-likeness (QED) is 0.840. The molecule has 0 amide bonds. The molecule has 0 aliphatic carbocycles. The minimum absolute atomic E-state index is 0.659. The van der Waals surface area contributed by atoms with Gasteiger partial charge in [0, 0.05) is 38.2 Å². The van der Waals surface area contributed by atoms with Gasteiger partial charge in [-0.15, -0.1) is 0 Å². The largest absolute Gasteiger partial charge is 0.490 e. The maximum Gasteiger partial charge on any atom is 0.490 e. The molecule has 0 radical (unpaired) electrons. The number of carbonyl (C=O) groups is 1. The predicted octanol–water partition coefficient (Wildman–Crippen LogP) is 1.95. The number of carboxylic acids is 1. The molecular weight excluding hydrogens is 367 g/mol. The lowest BCUT2D eigenvalue weighted by molar-refractivity contribution is -0.192. The summed E-state index contributed by atoms with van der Waals surface area (Å²) in [5.74, 6) is -1.27. The summed E-state index contributed by atoms with van der Waals surface area (Å²) < 4.78 is 42.8. The smallest absolute Gasteiger partial charge is 0.478 e. The van der Waals surface area contributed by atoms with Crippen LogP contribution >= 0.6 is 0 Å². The van der Waals surface area contributed by atoms with E-state index < -0.39 is 12.1 Å². The molecule has 2 aliphatic heterocycles. The fraction of sp³-hybridized carbons (Fsp3) is 0.706. The summed E-state index contributed by atoms with van der Waals surface area (Å²) in [7, 11) is 0. The predicted molar refractivity (Wildman–Crippen MR) is 89.7 cm³/mol. The number of aromatic nitrogens is 2. The molecule has 0 bridgehead atoms. The van der Waals surface area contributed by atoms with Gasteiger partial charge in [0.1, 0.15) is 6.33 Å². The number of ether oxygens (including phenoxy) is 2. The van der Waals surface area contributed by atoms with Crippen LogP contribution in [0.3, 0.4) is 0 Å². The Morgan fingerprint density at radius 1 is 1.37 bits per heavy atom. The Balaban J connectivity index is 0.000000321. The van der Waals surface area contributed by atoms with Crippen molar-refractivity contribution in [3.05, 3.63) is 17.6 Å². The van der Waals surface area contributed by atoms with Crippen LogP contribution in [0.5, 0.6) is 5.88 Å². The van der Waals surface area contributed by atoms with Crippen molar-refractivity contribution in [3.8, 4) is 5.88 Å². The van der Waals surface area contributed by atoms with E-state index in [1.54, 1.807) is 6.33 Å². The first-order valence-electron chi connectivity index (χ1n) is 8.87. The summed E-state index contributed by atoms with van der Waals surface area (Å²) in [5.41, 5.74) is 2.37. The molecule has 3 rings (SSSR count). The number of carboxylic acid groups (broad SMARTS) is 1. The summed E-state index contributed by atoms with van der Waals surface area (Å²) in [4.78, 5) is 20.2. The minimum Gasteiger partial charge on any atom is -0.478 e.